The van der Waals surface area contributed by atoms with Crippen LogP contribution in [-0.2, 0) is 4.79 Å². The molecule has 0 saturated carbocycles. The highest BCUT2D eigenvalue weighted by molar-refractivity contribution is 5.85. The first-order valence-electron chi connectivity index (χ1n) is 6.82. The van der Waals surface area contributed by atoms with Crippen LogP contribution in [0.1, 0.15) is 26.2 Å². The van der Waals surface area contributed by atoms with Gasteiger partial charge in [-0.05, 0) is 37.3 Å². The molecule has 1 aromatic carbocycles. The minimum absolute atomic E-state index is 0. The molecule has 1 amide bonds. The predicted octanol–water partition coefficient (Wildman–Crippen LogP) is 3.17. The number of carbonyl (C=O) groups excluding carboxylic acids is 1. The van der Waals surface area contributed by atoms with E-state index in [2.05, 4.69) is 12.2 Å². The van der Waals surface area contributed by atoms with Crippen LogP contribution in [0.2, 0.25) is 0 Å². The molecule has 1 fully saturated rings. The topological polar surface area (TPSA) is 32.3 Å². The van der Waals surface area contributed by atoms with E-state index in [4.69, 9.17) is 0 Å². The molecule has 0 spiro atoms. The summed E-state index contributed by atoms with van der Waals surface area (Å²) < 4.78 is 0. The Bertz CT molecular complexity index is 383. The van der Waals surface area contributed by atoms with Crippen molar-refractivity contribution in [2.45, 2.75) is 26.2 Å². The summed E-state index contributed by atoms with van der Waals surface area (Å²) in [7, 11) is 0. The van der Waals surface area contributed by atoms with Gasteiger partial charge in [-0.2, -0.15) is 0 Å². The summed E-state index contributed by atoms with van der Waals surface area (Å²) in [5.74, 6) is 0.970. The highest BCUT2D eigenvalue weighted by atomic mass is 35.5. The Morgan fingerprint density at radius 2 is 2.00 bits per heavy atom. The lowest BCUT2D eigenvalue weighted by Gasteiger charge is -2.21. The molecule has 2 rings (SSSR count). The van der Waals surface area contributed by atoms with Gasteiger partial charge in [0, 0.05) is 18.8 Å². The second kappa shape index (κ2) is 8.05. The summed E-state index contributed by atoms with van der Waals surface area (Å²) in [4.78, 5) is 14.1. The van der Waals surface area contributed by atoms with Crippen LogP contribution in [0, 0.1) is 5.92 Å². The number of halogens is 1. The standard InChI is InChI=1S/C15H22N2O.ClH/c1-13-6-5-10-17(11-9-13)15(18)12-16-14-7-3-2-4-8-14;/h2-4,7-8,13,16H,5-6,9-12H2,1H3;1H. The minimum atomic E-state index is 0. The van der Waals surface area contributed by atoms with Crippen LogP contribution >= 0.6 is 12.4 Å². The Balaban J connectivity index is 0.00000180. The molecule has 19 heavy (non-hydrogen) atoms. The molecule has 3 nitrogen and oxygen atoms in total. The third-order valence-electron chi connectivity index (χ3n) is 3.59. The zero-order valence-corrected chi connectivity index (χ0v) is 12.3. The van der Waals surface area contributed by atoms with Crippen molar-refractivity contribution in [3.8, 4) is 0 Å². The first kappa shape index (κ1) is 15.8. The largest absolute Gasteiger partial charge is 0.376 e. The van der Waals surface area contributed by atoms with Crippen LogP contribution < -0.4 is 5.32 Å². The SMILES string of the molecule is CC1CCCN(C(=O)CNc2ccccc2)CC1.Cl. The molecule has 1 unspecified atom stereocenters. The van der Waals surface area contributed by atoms with Gasteiger partial charge in [0.25, 0.3) is 0 Å². The van der Waals surface area contributed by atoms with E-state index in [0.717, 1.165) is 37.5 Å². The fraction of sp³-hybridized carbons (Fsp3) is 0.533. The molecule has 1 aliphatic rings. The molecular formula is C15H23ClN2O. The average Bonchev–Trinajstić information content (AvgIpc) is 2.62. The predicted molar refractivity (Wildman–Crippen MR) is 81.8 cm³/mol. The number of carbonyl (C=O) groups is 1. The maximum absolute atomic E-state index is 12.1. The zero-order chi connectivity index (χ0) is 12.8. The minimum Gasteiger partial charge on any atom is -0.376 e. The lowest BCUT2D eigenvalue weighted by Crippen LogP contribution is -2.36. The normalized spacial score (nSPS) is 19.2. The van der Waals surface area contributed by atoms with Crippen molar-refractivity contribution in [3.63, 3.8) is 0 Å². The summed E-state index contributed by atoms with van der Waals surface area (Å²) in [6, 6.07) is 9.89. The van der Waals surface area contributed by atoms with Crippen molar-refractivity contribution in [2.75, 3.05) is 25.0 Å². The van der Waals surface area contributed by atoms with Gasteiger partial charge in [-0.3, -0.25) is 4.79 Å². The summed E-state index contributed by atoms with van der Waals surface area (Å²) in [5, 5.41) is 3.18. The summed E-state index contributed by atoms with van der Waals surface area (Å²) in [5.41, 5.74) is 1.01. The molecule has 0 bridgehead atoms. The fourth-order valence-electron chi connectivity index (χ4n) is 2.36. The molecule has 1 heterocycles. The first-order chi connectivity index (χ1) is 8.75. The van der Waals surface area contributed by atoms with Gasteiger partial charge in [-0.25, -0.2) is 0 Å². The molecule has 0 aromatic heterocycles. The van der Waals surface area contributed by atoms with Crippen molar-refractivity contribution >= 4 is 24.0 Å². The van der Waals surface area contributed by atoms with E-state index in [1.165, 1.54) is 6.42 Å². The van der Waals surface area contributed by atoms with Crippen molar-refractivity contribution in [1.82, 2.24) is 4.90 Å². The maximum Gasteiger partial charge on any atom is 0.241 e. The highest BCUT2D eigenvalue weighted by Crippen LogP contribution is 2.16. The number of rotatable bonds is 3. The van der Waals surface area contributed by atoms with E-state index in [0.29, 0.717) is 6.54 Å². The molecule has 1 N–H and O–H groups in total. The molecule has 106 valence electrons. The van der Waals surface area contributed by atoms with Crippen molar-refractivity contribution in [1.29, 1.82) is 0 Å². The molecule has 1 aliphatic heterocycles. The number of benzene rings is 1. The van der Waals surface area contributed by atoms with Gasteiger partial charge in [0.1, 0.15) is 0 Å². The maximum atomic E-state index is 12.1. The molecule has 1 atom stereocenters. The van der Waals surface area contributed by atoms with Gasteiger partial charge in [-0.1, -0.05) is 25.1 Å². The Labute approximate surface area is 121 Å². The second-order valence-corrected chi connectivity index (χ2v) is 5.14. The van der Waals surface area contributed by atoms with E-state index < -0.39 is 0 Å². The Morgan fingerprint density at radius 3 is 2.74 bits per heavy atom. The lowest BCUT2D eigenvalue weighted by atomic mass is 10.0. The van der Waals surface area contributed by atoms with Crippen LogP contribution in [0.5, 0.6) is 0 Å². The van der Waals surface area contributed by atoms with Crippen LogP contribution in [-0.4, -0.2) is 30.4 Å². The number of likely N-dealkylation sites (tertiary alicyclic amines) is 1. The summed E-state index contributed by atoms with van der Waals surface area (Å²) in [6.45, 7) is 4.50. The third kappa shape index (κ3) is 5.11. The first-order valence-corrected chi connectivity index (χ1v) is 6.82. The number of hydrogen-bond acceptors (Lipinski definition) is 2. The number of nitrogens with one attached hydrogen (secondary N) is 1. The smallest absolute Gasteiger partial charge is 0.241 e. The van der Waals surface area contributed by atoms with E-state index >= 15 is 0 Å². The third-order valence-corrected chi connectivity index (χ3v) is 3.59. The fourth-order valence-corrected chi connectivity index (χ4v) is 2.36. The van der Waals surface area contributed by atoms with Crippen molar-refractivity contribution in [3.05, 3.63) is 30.3 Å². The van der Waals surface area contributed by atoms with Crippen molar-refractivity contribution in [2.24, 2.45) is 5.92 Å². The number of hydrogen-bond donors (Lipinski definition) is 1. The van der Waals surface area contributed by atoms with E-state index in [1.807, 2.05) is 35.2 Å². The van der Waals surface area contributed by atoms with Crippen LogP contribution in [0.25, 0.3) is 0 Å². The zero-order valence-electron chi connectivity index (χ0n) is 11.5. The molecule has 4 heteroatoms. The average molecular weight is 283 g/mol. The van der Waals surface area contributed by atoms with E-state index in [1.54, 1.807) is 0 Å². The van der Waals surface area contributed by atoms with E-state index in [-0.39, 0.29) is 18.3 Å². The molecule has 1 aromatic rings. The summed E-state index contributed by atoms with van der Waals surface area (Å²) in [6.07, 6.45) is 3.52. The van der Waals surface area contributed by atoms with Gasteiger partial charge < -0.3 is 10.2 Å². The second-order valence-electron chi connectivity index (χ2n) is 5.14. The molecular weight excluding hydrogens is 260 g/mol. The molecule has 1 saturated heterocycles. The van der Waals surface area contributed by atoms with Crippen LogP contribution in [0.15, 0.2) is 30.3 Å². The van der Waals surface area contributed by atoms with Gasteiger partial charge >= 0.3 is 0 Å². The Hall–Kier alpha value is -1.22. The number of para-hydroxylation sites is 1. The van der Waals surface area contributed by atoms with Gasteiger partial charge in [0.2, 0.25) is 5.91 Å². The van der Waals surface area contributed by atoms with Crippen LogP contribution in [0.3, 0.4) is 0 Å². The number of anilines is 1. The van der Waals surface area contributed by atoms with E-state index in [9.17, 15) is 4.79 Å². The van der Waals surface area contributed by atoms with Crippen LogP contribution in [0.4, 0.5) is 5.69 Å². The number of nitrogens with zero attached hydrogens (tertiary/aromatic N) is 1. The lowest BCUT2D eigenvalue weighted by molar-refractivity contribution is -0.129. The quantitative estimate of drug-likeness (QED) is 0.924. The molecule has 0 radical (unpaired) electrons. The van der Waals surface area contributed by atoms with Crippen molar-refractivity contribution < 1.29 is 4.79 Å². The Morgan fingerprint density at radius 1 is 1.26 bits per heavy atom. The number of amides is 1. The summed E-state index contributed by atoms with van der Waals surface area (Å²) >= 11 is 0. The highest BCUT2D eigenvalue weighted by Gasteiger charge is 2.17. The molecule has 0 aliphatic carbocycles. The monoisotopic (exact) mass is 282 g/mol. The Kier molecular flexibility index (Phi) is 6.71. The van der Waals surface area contributed by atoms with Gasteiger partial charge in [0.15, 0.2) is 0 Å². The van der Waals surface area contributed by atoms with Gasteiger partial charge in [0.05, 0.1) is 6.54 Å². The van der Waals surface area contributed by atoms with Gasteiger partial charge in [-0.15, -0.1) is 12.4 Å².